The number of hydrogen-bond acceptors (Lipinski definition) is 3. The topological polar surface area (TPSA) is 38.7 Å². The maximum Gasteiger partial charge on any atom is 0.127 e. The van der Waals surface area contributed by atoms with Gasteiger partial charge in [-0.3, -0.25) is 0 Å². The summed E-state index contributed by atoms with van der Waals surface area (Å²) in [6.45, 7) is 5.72. The Hall–Kier alpha value is -1.06. The standard InChI is InChI=1S/C12H18O3/c1-3-14-7-8-15-12-10(2)5-4-6-11(12)9-13/h4-6,13H,3,7-9H2,1-2H3. The molecule has 15 heavy (non-hydrogen) atoms. The number of aryl methyl sites for hydroxylation is 1. The molecule has 0 atom stereocenters. The maximum absolute atomic E-state index is 9.13. The SMILES string of the molecule is CCOCCOc1c(C)cccc1CO. The first kappa shape index (κ1) is 12.0. The summed E-state index contributed by atoms with van der Waals surface area (Å²) in [7, 11) is 0. The van der Waals surface area contributed by atoms with Gasteiger partial charge in [0, 0.05) is 12.2 Å². The number of aliphatic hydroxyl groups is 1. The summed E-state index contributed by atoms with van der Waals surface area (Å²) < 4.78 is 10.8. The highest BCUT2D eigenvalue weighted by molar-refractivity contribution is 5.40. The Morgan fingerprint density at radius 1 is 1.27 bits per heavy atom. The molecule has 0 spiro atoms. The summed E-state index contributed by atoms with van der Waals surface area (Å²) in [6.07, 6.45) is 0. The van der Waals surface area contributed by atoms with Gasteiger partial charge in [-0.25, -0.2) is 0 Å². The van der Waals surface area contributed by atoms with Crippen molar-refractivity contribution in [2.45, 2.75) is 20.5 Å². The fraction of sp³-hybridized carbons (Fsp3) is 0.500. The van der Waals surface area contributed by atoms with Crippen LogP contribution in [0.4, 0.5) is 0 Å². The van der Waals surface area contributed by atoms with E-state index >= 15 is 0 Å². The molecule has 0 saturated heterocycles. The van der Waals surface area contributed by atoms with Crippen LogP contribution in [0.25, 0.3) is 0 Å². The number of ether oxygens (including phenoxy) is 2. The van der Waals surface area contributed by atoms with Crippen LogP contribution >= 0.6 is 0 Å². The second-order valence-corrected chi connectivity index (χ2v) is 3.27. The first-order chi connectivity index (χ1) is 7.29. The van der Waals surface area contributed by atoms with Crippen LogP contribution in [-0.2, 0) is 11.3 Å². The van der Waals surface area contributed by atoms with E-state index in [0.717, 1.165) is 16.9 Å². The summed E-state index contributed by atoms with van der Waals surface area (Å²) in [4.78, 5) is 0. The summed E-state index contributed by atoms with van der Waals surface area (Å²) in [5.74, 6) is 0.778. The zero-order chi connectivity index (χ0) is 11.1. The smallest absolute Gasteiger partial charge is 0.127 e. The van der Waals surface area contributed by atoms with E-state index in [1.54, 1.807) is 0 Å². The van der Waals surface area contributed by atoms with Gasteiger partial charge in [0.15, 0.2) is 0 Å². The summed E-state index contributed by atoms with van der Waals surface area (Å²) in [5, 5.41) is 9.13. The van der Waals surface area contributed by atoms with Crippen molar-refractivity contribution in [3.63, 3.8) is 0 Å². The lowest BCUT2D eigenvalue weighted by Gasteiger charge is -2.12. The van der Waals surface area contributed by atoms with Crippen LogP contribution in [0, 0.1) is 6.92 Å². The minimum absolute atomic E-state index is 0.00560. The molecule has 0 amide bonds. The molecule has 0 saturated carbocycles. The Kier molecular flexibility index (Phi) is 5.15. The summed E-state index contributed by atoms with van der Waals surface area (Å²) in [5.41, 5.74) is 1.87. The lowest BCUT2D eigenvalue weighted by atomic mass is 10.1. The van der Waals surface area contributed by atoms with Crippen molar-refractivity contribution in [3.8, 4) is 5.75 Å². The molecule has 0 aromatic heterocycles. The van der Waals surface area contributed by atoms with Crippen molar-refractivity contribution >= 4 is 0 Å². The Morgan fingerprint density at radius 2 is 2.07 bits per heavy atom. The average molecular weight is 210 g/mol. The molecule has 1 aromatic rings. The van der Waals surface area contributed by atoms with E-state index in [0.29, 0.717) is 19.8 Å². The average Bonchev–Trinajstić information content (AvgIpc) is 2.26. The molecular formula is C12H18O3. The Balaban J connectivity index is 2.58. The molecule has 0 radical (unpaired) electrons. The zero-order valence-electron chi connectivity index (χ0n) is 9.32. The molecule has 1 aromatic carbocycles. The minimum atomic E-state index is 0.00560. The van der Waals surface area contributed by atoms with E-state index in [2.05, 4.69) is 0 Å². The number of para-hydroxylation sites is 1. The van der Waals surface area contributed by atoms with Gasteiger partial charge in [-0.05, 0) is 19.4 Å². The normalized spacial score (nSPS) is 10.3. The summed E-state index contributed by atoms with van der Waals surface area (Å²) >= 11 is 0. The quantitative estimate of drug-likeness (QED) is 0.729. The molecule has 84 valence electrons. The van der Waals surface area contributed by atoms with Gasteiger partial charge in [0.05, 0.1) is 13.2 Å². The van der Waals surface area contributed by atoms with E-state index in [-0.39, 0.29) is 6.61 Å². The Labute approximate surface area is 90.6 Å². The molecule has 0 aliphatic heterocycles. The summed E-state index contributed by atoms with van der Waals surface area (Å²) in [6, 6.07) is 5.74. The number of hydrogen-bond donors (Lipinski definition) is 1. The van der Waals surface area contributed by atoms with E-state index < -0.39 is 0 Å². The van der Waals surface area contributed by atoms with Gasteiger partial charge in [-0.2, -0.15) is 0 Å². The van der Waals surface area contributed by atoms with E-state index in [1.807, 2.05) is 32.0 Å². The van der Waals surface area contributed by atoms with Crippen molar-refractivity contribution in [1.82, 2.24) is 0 Å². The van der Waals surface area contributed by atoms with Crippen LogP contribution < -0.4 is 4.74 Å². The second-order valence-electron chi connectivity index (χ2n) is 3.27. The van der Waals surface area contributed by atoms with E-state index in [4.69, 9.17) is 14.6 Å². The third-order valence-corrected chi connectivity index (χ3v) is 2.14. The van der Waals surface area contributed by atoms with Crippen molar-refractivity contribution < 1.29 is 14.6 Å². The molecule has 0 unspecified atom stereocenters. The van der Waals surface area contributed by atoms with E-state index in [1.165, 1.54) is 0 Å². The molecule has 3 heteroatoms. The van der Waals surface area contributed by atoms with Crippen LogP contribution in [0.5, 0.6) is 5.75 Å². The highest BCUT2D eigenvalue weighted by atomic mass is 16.5. The molecule has 0 heterocycles. The van der Waals surface area contributed by atoms with Gasteiger partial charge in [-0.15, -0.1) is 0 Å². The van der Waals surface area contributed by atoms with Gasteiger partial charge in [0.2, 0.25) is 0 Å². The highest BCUT2D eigenvalue weighted by Gasteiger charge is 2.05. The van der Waals surface area contributed by atoms with Gasteiger partial charge >= 0.3 is 0 Å². The van der Waals surface area contributed by atoms with Crippen LogP contribution in [-0.4, -0.2) is 24.9 Å². The third-order valence-electron chi connectivity index (χ3n) is 2.14. The largest absolute Gasteiger partial charge is 0.491 e. The molecule has 3 nitrogen and oxygen atoms in total. The van der Waals surface area contributed by atoms with Crippen LogP contribution in [0.2, 0.25) is 0 Å². The van der Waals surface area contributed by atoms with E-state index in [9.17, 15) is 0 Å². The monoisotopic (exact) mass is 210 g/mol. The lowest BCUT2D eigenvalue weighted by molar-refractivity contribution is 0.109. The molecule has 0 fully saturated rings. The van der Waals surface area contributed by atoms with Crippen molar-refractivity contribution in [3.05, 3.63) is 29.3 Å². The molecule has 0 bridgehead atoms. The lowest BCUT2D eigenvalue weighted by Crippen LogP contribution is -2.08. The molecule has 0 aliphatic rings. The number of benzene rings is 1. The first-order valence-electron chi connectivity index (χ1n) is 5.19. The van der Waals surface area contributed by atoms with Crippen molar-refractivity contribution in [1.29, 1.82) is 0 Å². The fourth-order valence-corrected chi connectivity index (χ4v) is 1.39. The molecule has 0 aliphatic carbocycles. The van der Waals surface area contributed by atoms with Crippen LogP contribution in [0.1, 0.15) is 18.1 Å². The Morgan fingerprint density at radius 3 is 2.73 bits per heavy atom. The van der Waals surface area contributed by atoms with Gasteiger partial charge < -0.3 is 14.6 Å². The molecule has 1 N–H and O–H groups in total. The third kappa shape index (κ3) is 3.53. The number of aliphatic hydroxyl groups excluding tert-OH is 1. The Bertz CT molecular complexity index is 297. The highest BCUT2D eigenvalue weighted by Crippen LogP contribution is 2.23. The van der Waals surface area contributed by atoms with Gasteiger partial charge in [0.1, 0.15) is 12.4 Å². The first-order valence-corrected chi connectivity index (χ1v) is 5.19. The van der Waals surface area contributed by atoms with Crippen molar-refractivity contribution in [2.24, 2.45) is 0 Å². The fourth-order valence-electron chi connectivity index (χ4n) is 1.39. The molecule has 1 rings (SSSR count). The van der Waals surface area contributed by atoms with Gasteiger partial charge in [0.25, 0.3) is 0 Å². The predicted molar refractivity (Wildman–Crippen MR) is 59.1 cm³/mol. The molecular weight excluding hydrogens is 192 g/mol. The van der Waals surface area contributed by atoms with Crippen molar-refractivity contribution in [2.75, 3.05) is 19.8 Å². The zero-order valence-corrected chi connectivity index (χ0v) is 9.32. The minimum Gasteiger partial charge on any atom is -0.491 e. The van der Waals surface area contributed by atoms with Gasteiger partial charge in [-0.1, -0.05) is 18.2 Å². The number of rotatable bonds is 6. The predicted octanol–water partition coefficient (Wildman–Crippen LogP) is 1.90. The second kappa shape index (κ2) is 6.43. The van der Waals surface area contributed by atoms with Crippen LogP contribution in [0.15, 0.2) is 18.2 Å². The van der Waals surface area contributed by atoms with Crippen LogP contribution in [0.3, 0.4) is 0 Å². The maximum atomic E-state index is 9.13.